The number of carbonyl (C=O) groups excluding carboxylic acids is 1. The van der Waals surface area contributed by atoms with E-state index in [0.717, 1.165) is 11.1 Å². The first kappa shape index (κ1) is 21.5. The SMILES string of the molecule is CC[C@H]1C(=O)Nc2c(C)nc(NCc3cnn(Cc4cnc(F)c(OC)c4)c3)nc2N1C. The second kappa shape index (κ2) is 8.77. The predicted molar refractivity (Wildman–Crippen MR) is 117 cm³/mol. The van der Waals surface area contributed by atoms with Crippen LogP contribution < -0.4 is 20.3 Å². The molecule has 0 bridgehead atoms. The van der Waals surface area contributed by atoms with Crippen LogP contribution in [0.4, 0.5) is 21.8 Å². The molecule has 10 nitrogen and oxygen atoms in total. The van der Waals surface area contributed by atoms with Gasteiger partial charge in [-0.25, -0.2) is 9.97 Å². The Morgan fingerprint density at radius 1 is 1.28 bits per heavy atom. The van der Waals surface area contributed by atoms with Gasteiger partial charge in [0, 0.05) is 31.5 Å². The van der Waals surface area contributed by atoms with Gasteiger partial charge in [0.25, 0.3) is 5.95 Å². The van der Waals surface area contributed by atoms with E-state index in [1.807, 2.05) is 32.0 Å². The number of hydrogen-bond acceptors (Lipinski definition) is 8. The van der Waals surface area contributed by atoms with Crippen molar-refractivity contribution in [2.45, 2.75) is 39.4 Å². The van der Waals surface area contributed by atoms with Gasteiger partial charge in [-0.05, 0) is 25.0 Å². The van der Waals surface area contributed by atoms with Crippen molar-refractivity contribution in [1.29, 1.82) is 0 Å². The Morgan fingerprint density at radius 3 is 2.84 bits per heavy atom. The van der Waals surface area contributed by atoms with Crippen LogP contribution in [-0.4, -0.2) is 50.8 Å². The molecule has 3 aromatic heterocycles. The van der Waals surface area contributed by atoms with Gasteiger partial charge in [-0.15, -0.1) is 0 Å². The molecule has 32 heavy (non-hydrogen) atoms. The number of methoxy groups -OCH3 is 1. The van der Waals surface area contributed by atoms with Crippen LogP contribution in [-0.2, 0) is 17.9 Å². The molecule has 4 heterocycles. The average molecular weight is 440 g/mol. The third kappa shape index (κ3) is 4.18. The van der Waals surface area contributed by atoms with Crippen molar-refractivity contribution >= 4 is 23.4 Å². The topological polar surface area (TPSA) is 110 Å². The Balaban J connectivity index is 1.45. The Bertz CT molecular complexity index is 1150. The van der Waals surface area contributed by atoms with Crippen LogP contribution in [0, 0.1) is 12.9 Å². The van der Waals surface area contributed by atoms with Crippen LogP contribution in [0.5, 0.6) is 5.75 Å². The monoisotopic (exact) mass is 440 g/mol. The van der Waals surface area contributed by atoms with Crippen molar-refractivity contribution in [3.05, 3.63) is 47.4 Å². The Hall–Kier alpha value is -3.76. The lowest BCUT2D eigenvalue weighted by Gasteiger charge is -2.34. The van der Waals surface area contributed by atoms with Gasteiger partial charge in [0.1, 0.15) is 11.7 Å². The Kier molecular flexibility index (Phi) is 5.89. The van der Waals surface area contributed by atoms with E-state index in [4.69, 9.17) is 4.74 Å². The molecule has 3 aromatic rings. The molecular formula is C21H25FN8O2. The molecular weight excluding hydrogens is 415 g/mol. The van der Waals surface area contributed by atoms with Crippen LogP contribution >= 0.6 is 0 Å². The molecule has 1 aliphatic rings. The highest BCUT2D eigenvalue weighted by Gasteiger charge is 2.32. The molecule has 4 rings (SSSR count). The van der Waals surface area contributed by atoms with Gasteiger partial charge in [0.05, 0.1) is 25.5 Å². The lowest BCUT2D eigenvalue weighted by Crippen LogP contribution is -2.46. The van der Waals surface area contributed by atoms with E-state index in [9.17, 15) is 9.18 Å². The standard InChI is InChI=1S/C21H25FN8O2/c1-5-15-20(31)27-17-12(2)26-21(28-19(17)29(15)3)24-8-14-9-25-30(11-14)10-13-6-16(32-4)18(22)23-7-13/h6-7,9,11,15H,5,8,10H2,1-4H3,(H,27,31)(H,24,26,28)/t15-/m0/s1. The normalized spacial score (nSPS) is 15.3. The number of ether oxygens (including phenoxy) is 1. The van der Waals surface area contributed by atoms with Crippen molar-refractivity contribution in [1.82, 2.24) is 24.7 Å². The van der Waals surface area contributed by atoms with Gasteiger partial charge in [-0.2, -0.15) is 14.5 Å². The highest BCUT2D eigenvalue weighted by molar-refractivity contribution is 6.03. The molecule has 0 radical (unpaired) electrons. The quantitative estimate of drug-likeness (QED) is 0.539. The number of aromatic nitrogens is 5. The van der Waals surface area contributed by atoms with E-state index in [2.05, 4.69) is 30.7 Å². The molecule has 0 saturated carbocycles. The maximum atomic E-state index is 13.5. The number of amides is 1. The van der Waals surface area contributed by atoms with Crippen LogP contribution in [0.2, 0.25) is 0 Å². The minimum atomic E-state index is -0.641. The maximum absolute atomic E-state index is 13.5. The molecule has 0 fully saturated rings. The first-order valence-corrected chi connectivity index (χ1v) is 10.3. The van der Waals surface area contributed by atoms with Crippen molar-refractivity contribution in [2.24, 2.45) is 0 Å². The third-order valence-corrected chi connectivity index (χ3v) is 5.38. The zero-order valence-corrected chi connectivity index (χ0v) is 18.4. The van der Waals surface area contributed by atoms with Gasteiger partial charge in [0.15, 0.2) is 11.6 Å². The first-order valence-electron chi connectivity index (χ1n) is 10.3. The molecule has 1 amide bonds. The number of aryl methyl sites for hydroxylation is 1. The molecule has 0 spiro atoms. The van der Waals surface area contributed by atoms with Crippen molar-refractivity contribution in [2.75, 3.05) is 29.7 Å². The Morgan fingerprint density at radius 2 is 2.09 bits per heavy atom. The molecule has 11 heteroatoms. The van der Waals surface area contributed by atoms with Crippen molar-refractivity contribution < 1.29 is 13.9 Å². The fraction of sp³-hybridized carbons (Fsp3) is 0.381. The predicted octanol–water partition coefficient (Wildman–Crippen LogP) is 2.35. The minimum absolute atomic E-state index is 0.0451. The van der Waals surface area contributed by atoms with Gasteiger partial charge >= 0.3 is 0 Å². The fourth-order valence-corrected chi connectivity index (χ4v) is 3.68. The molecule has 1 aliphatic heterocycles. The van der Waals surface area contributed by atoms with E-state index >= 15 is 0 Å². The zero-order valence-electron chi connectivity index (χ0n) is 18.4. The summed E-state index contributed by atoms with van der Waals surface area (Å²) in [7, 11) is 3.27. The lowest BCUT2D eigenvalue weighted by atomic mass is 10.1. The number of likely N-dealkylation sites (N-methyl/N-ethyl adjacent to an activating group) is 1. The number of halogens is 1. The number of nitrogens with one attached hydrogen (secondary N) is 2. The van der Waals surface area contributed by atoms with Crippen molar-refractivity contribution in [3.8, 4) is 5.75 Å². The third-order valence-electron chi connectivity index (χ3n) is 5.38. The summed E-state index contributed by atoms with van der Waals surface area (Å²) in [6, 6.07) is 1.34. The van der Waals surface area contributed by atoms with Crippen molar-refractivity contribution in [3.63, 3.8) is 0 Å². The zero-order chi connectivity index (χ0) is 22.8. The molecule has 0 saturated heterocycles. The summed E-state index contributed by atoms with van der Waals surface area (Å²) < 4.78 is 20.2. The molecule has 0 aliphatic carbocycles. The second-order valence-corrected chi connectivity index (χ2v) is 7.59. The molecule has 0 unspecified atom stereocenters. The van der Waals surface area contributed by atoms with Gasteiger partial charge < -0.3 is 20.3 Å². The van der Waals surface area contributed by atoms with Gasteiger partial charge in [-0.1, -0.05) is 6.92 Å². The van der Waals surface area contributed by atoms with E-state index in [1.165, 1.54) is 13.3 Å². The number of nitrogens with zero attached hydrogens (tertiary/aromatic N) is 6. The van der Waals surface area contributed by atoms with Crippen LogP contribution in [0.1, 0.15) is 30.2 Å². The summed E-state index contributed by atoms with van der Waals surface area (Å²) in [5.41, 5.74) is 3.04. The largest absolute Gasteiger partial charge is 0.492 e. The summed E-state index contributed by atoms with van der Waals surface area (Å²) in [5, 5.41) is 10.5. The lowest BCUT2D eigenvalue weighted by molar-refractivity contribution is -0.117. The molecule has 0 aromatic carbocycles. The van der Waals surface area contributed by atoms with Gasteiger partial charge in [0.2, 0.25) is 11.9 Å². The number of hydrogen-bond donors (Lipinski definition) is 2. The summed E-state index contributed by atoms with van der Waals surface area (Å²) >= 11 is 0. The summed E-state index contributed by atoms with van der Waals surface area (Å²) in [6.45, 7) is 4.71. The summed E-state index contributed by atoms with van der Waals surface area (Å²) in [4.78, 5) is 26.9. The smallest absolute Gasteiger partial charge is 0.255 e. The highest BCUT2D eigenvalue weighted by Crippen LogP contribution is 2.33. The second-order valence-electron chi connectivity index (χ2n) is 7.59. The van der Waals surface area contributed by atoms with E-state index in [0.29, 0.717) is 42.7 Å². The van der Waals surface area contributed by atoms with Crippen LogP contribution in [0.15, 0.2) is 24.7 Å². The molecule has 168 valence electrons. The number of rotatable bonds is 7. The average Bonchev–Trinajstić information content (AvgIpc) is 3.22. The number of anilines is 3. The van der Waals surface area contributed by atoms with Gasteiger partial charge in [-0.3, -0.25) is 9.48 Å². The molecule has 2 N–H and O–H groups in total. The van der Waals surface area contributed by atoms with E-state index in [-0.39, 0.29) is 17.7 Å². The minimum Gasteiger partial charge on any atom is -0.492 e. The van der Waals surface area contributed by atoms with E-state index in [1.54, 1.807) is 16.9 Å². The summed E-state index contributed by atoms with van der Waals surface area (Å²) in [5.74, 6) is 0.580. The number of carbonyl (C=O) groups is 1. The highest BCUT2D eigenvalue weighted by atomic mass is 19.1. The van der Waals surface area contributed by atoms with Crippen LogP contribution in [0.3, 0.4) is 0 Å². The number of pyridine rings is 1. The maximum Gasteiger partial charge on any atom is 0.255 e. The number of fused-ring (bicyclic) bond motifs is 1. The summed E-state index contributed by atoms with van der Waals surface area (Å²) in [6.07, 6.45) is 5.77. The van der Waals surface area contributed by atoms with E-state index < -0.39 is 5.95 Å². The molecule has 1 atom stereocenters. The first-order chi connectivity index (χ1) is 15.4. The Labute approximate surface area is 184 Å². The van der Waals surface area contributed by atoms with Crippen LogP contribution in [0.25, 0.3) is 0 Å². The fourth-order valence-electron chi connectivity index (χ4n) is 3.68.